The van der Waals surface area contributed by atoms with Gasteiger partial charge in [-0.2, -0.15) is 0 Å². The highest BCUT2D eigenvalue weighted by Crippen LogP contribution is 2.21. The molecule has 4 heteroatoms. The third kappa shape index (κ3) is 2.68. The SMILES string of the molecule is Cc1c(F)cccc1[C@@H]1COCCN1.Cl. The van der Waals surface area contributed by atoms with Crippen molar-refractivity contribution in [2.24, 2.45) is 0 Å². The Hall–Kier alpha value is -0.640. The van der Waals surface area contributed by atoms with Gasteiger partial charge in [0, 0.05) is 6.54 Å². The predicted molar refractivity (Wildman–Crippen MR) is 59.9 cm³/mol. The van der Waals surface area contributed by atoms with Crippen LogP contribution in [0.25, 0.3) is 0 Å². The maximum atomic E-state index is 13.3. The largest absolute Gasteiger partial charge is 0.378 e. The normalized spacial score (nSPS) is 20.8. The van der Waals surface area contributed by atoms with E-state index in [0.717, 1.165) is 24.3 Å². The molecule has 1 aromatic rings. The zero-order chi connectivity index (χ0) is 9.97. The molecular formula is C11H15ClFNO. The van der Waals surface area contributed by atoms with Crippen LogP contribution in [0.3, 0.4) is 0 Å². The van der Waals surface area contributed by atoms with Gasteiger partial charge in [0.1, 0.15) is 5.82 Å². The Bertz CT molecular complexity index is 326. The zero-order valence-corrected chi connectivity index (χ0v) is 9.44. The minimum atomic E-state index is -0.144. The number of halogens is 2. The van der Waals surface area contributed by atoms with Crippen LogP contribution in [0.15, 0.2) is 18.2 Å². The molecule has 1 N–H and O–H groups in total. The van der Waals surface area contributed by atoms with E-state index in [1.165, 1.54) is 6.07 Å². The fourth-order valence-corrected chi connectivity index (χ4v) is 1.77. The molecule has 0 amide bonds. The Balaban J connectivity index is 0.00000112. The zero-order valence-electron chi connectivity index (χ0n) is 8.63. The smallest absolute Gasteiger partial charge is 0.126 e. The van der Waals surface area contributed by atoms with Crippen molar-refractivity contribution in [3.05, 3.63) is 35.1 Å². The molecule has 0 bridgehead atoms. The van der Waals surface area contributed by atoms with Crippen molar-refractivity contribution in [1.29, 1.82) is 0 Å². The van der Waals surface area contributed by atoms with Gasteiger partial charge in [0.05, 0.1) is 19.3 Å². The summed E-state index contributed by atoms with van der Waals surface area (Å²) in [5.74, 6) is -0.144. The predicted octanol–water partition coefficient (Wildman–Crippen LogP) is 2.22. The quantitative estimate of drug-likeness (QED) is 0.800. The number of nitrogens with one attached hydrogen (secondary N) is 1. The molecule has 1 aromatic carbocycles. The maximum Gasteiger partial charge on any atom is 0.126 e. The average Bonchev–Trinajstić information content (AvgIpc) is 2.23. The minimum absolute atomic E-state index is 0. The Morgan fingerprint density at radius 3 is 2.93 bits per heavy atom. The molecule has 1 atom stereocenters. The van der Waals surface area contributed by atoms with Gasteiger partial charge >= 0.3 is 0 Å². The number of hydrogen-bond acceptors (Lipinski definition) is 2. The summed E-state index contributed by atoms with van der Waals surface area (Å²) in [5, 5.41) is 3.31. The molecule has 1 aliphatic heterocycles. The van der Waals surface area contributed by atoms with Crippen LogP contribution in [0, 0.1) is 12.7 Å². The van der Waals surface area contributed by atoms with E-state index in [2.05, 4.69) is 5.32 Å². The first-order chi connectivity index (χ1) is 6.79. The van der Waals surface area contributed by atoms with Gasteiger partial charge in [-0.05, 0) is 24.1 Å². The van der Waals surface area contributed by atoms with Crippen LogP contribution < -0.4 is 5.32 Å². The Labute approximate surface area is 95.2 Å². The molecule has 0 saturated carbocycles. The van der Waals surface area contributed by atoms with Gasteiger partial charge in [-0.3, -0.25) is 0 Å². The second-order valence-corrected chi connectivity index (χ2v) is 3.54. The van der Waals surface area contributed by atoms with Gasteiger partial charge in [0.15, 0.2) is 0 Å². The molecular weight excluding hydrogens is 217 g/mol. The Morgan fingerprint density at radius 2 is 2.27 bits per heavy atom. The Kier molecular flexibility index (Phi) is 4.51. The first-order valence-corrected chi connectivity index (χ1v) is 4.85. The van der Waals surface area contributed by atoms with Crippen LogP contribution in [-0.2, 0) is 4.74 Å². The van der Waals surface area contributed by atoms with E-state index >= 15 is 0 Å². The lowest BCUT2D eigenvalue weighted by atomic mass is 10.0. The van der Waals surface area contributed by atoms with Crippen molar-refractivity contribution in [1.82, 2.24) is 5.32 Å². The van der Waals surface area contributed by atoms with Crippen molar-refractivity contribution in [2.45, 2.75) is 13.0 Å². The summed E-state index contributed by atoms with van der Waals surface area (Å²) in [6.07, 6.45) is 0. The number of ether oxygens (including phenoxy) is 1. The van der Waals surface area contributed by atoms with Crippen LogP contribution in [0.4, 0.5) is 4.39 Å². The van der Waals surface area contributed by atoms with Crippen molar-refractivity contribution in [2.75, 3.05) is 19.8 Å². The average molecular weight is 232 g/mol. The van der Waals surface area contributed by atoms with Crippen LogP contribution in [0.2, 0.25) is 0 Å². The second-order valence-electron chi connectivity index (χ2n) is 3.54. The van der Waals surface area contributed by atoms with Gasteiger partial charge in [0.25, 0.3) is 0 Å². The van der Waals surface area contributed by atoms with Crippen molar-refractivity contribution >= 4 is 12.4 Å². The van der Waals surface area contributed by atoms with Crippen molar-refractivity contribution in [3.8, 4) is 0 Å². The summed E-state index contributed by atoms with van der Waals surface area (Å²) >= 11 is 0. The van der Waals surface area contributed by atoms with Crippen LogP contribution >= 0.6 is 12.4 Å². The van der Waals surface area contributed by atoms with Gasteiger partial charge < -0.3 is 10.1 Å². The maximum absolute atomic E-state index is 13.3. The molecule has 1 saturated heterocycles. The molecule has 1 heterocycles. The number of hydrogen-bond donors (Lipinski definition) is 1. The molecule has 15 heavy (non-hydrogen) atoms. The molecule has 0 aromatic heterocycles. The molecule has 0 radical (unpaired) electrons. The van der Waals surface area contributed by atoms with E-state index in [9.17, 15) is 4.39 Å². The fraction of sp³-hybridized carbons (Fsp3) is 0.455. The topological polar surface area (TPSA) is 21.3 Å². The summed E-state index contributed by atoms with van der Waals surface area (Å²) in [7, 11) is 0. The van der Waals surface area contributed by atoms with Crippen LogP contribution in [0.5, 0.6) is 0 Å². The standard InChI is InChI=1S/C11H14FNO.ClH/c1-8-9(3-2-4-10(8)12)11-7-14-6-5-13-11;/h2-4,11,13H,5-7H2,1H3;1H/t11-;/m0./s1. The molecule has 0 unspecified atom stereocenters. The number of morpholine rings is 1. The second kappa shape index (κ2) is 5.45. The highest BCUT2D eigenvalue weighted by atomic mass is 35.5. The number of benzene rings is 1. The van der Waals surface area contributed by atoms with E-state index in [0.29, 0.717) is 6.61 Å². The lowest BCUT2D eigenvalue weighted by Crippen LogP contribution is -2.35. The van der Waals surface area contributed by atoms with Crippen LogP contribution in [0.1, 0.15) is 17.2 Å². The van der Waals surface area contributed by atoms with E-state index in [4.69, 9.17) is 4.74 Å². The minimum Gasteiger partial charge on any atom is -0.378 e. The third-order valence-corrected chi connectivity index (χ3v) is 2.61. The monoisotopic (exact) mass is 231 g/mol. The highest BCUT2D eigenvalue weighted by molar-refractivity contribution is 5.85. The third-order valence-electron chi connectivity index (χ3n) is 2.61. The molecule has 0 aliphatic carbocycles. The molecule has 0 spiro atoms. The van der Waals surface area contributed by atoms with Crippen molar-refractivity contribution in [3.63, 3.8) is 0 Å². The van der Waals surface area contributed by atoms with Gasteiger partial charge in [-0.1, -0.05) is 12.1 Å². The highest BCUT2D eigenvalue weighted by Gasteiger charge is 2.17. The summed E-state index contributed by atoms with van der Waals surface area (Å²) in [5.41, 5.74) is 1.72. The Morgan fingerprint density at radius 1 is 1.47 bits per heavy atom. The first kappa shape index (κ1) is 12.4. The fourth-order valence-electron chi connectivity index (χ4n) is 1.77. The summed E-state index contributed by atoms with van der Waals surface area (Å²) in [6.45, 7) is 4.01. The van der Waals surface area contributed by atoms with Crippen molar-refractivity contribution < 1.29 is 9.13 Å². The van der Waals surface area contributed by atoms with E-state index < -0.39 is 0 Å². The summed E-state index contributed by atoms with van der Waals surface area (Å²) in [4.78, 5) is 0. The lowest BCUT2D eigenvalue weighted by Gasteiger charge is -2.25. The lowest BCUT2D eigenvalue weighted by molar-refractivity contribution is 0.0766. The molecule has 2 nitrogen and oxygen atoms in total. The van der Waals surface area contributed by atoms with Gasteiger partial charge in [-0.15, -0.1) is 12.4 Å². The van der Waals surface area contributed by atoms with E-state index in [-0.39, 0.29) is 24.3 Å². The van der Waals surface area contributed by atoms with Gasteiger partial charge in [-0.25, -0.2) is 4.39 Å². The molecule has 1 aliphatic rings. The summed E-state index contributed by atoms with van der Waals surface area (Å²) in [6, 6.07) is 5.32. The first-order valence-electron chi connectivity index (χ1n) is 4.85. The van der Waals surface area contributed by atoms with Crippen LogP contribution in [-0.4, -0.2) is 19.8 Å². The van der Waals surface area contributed by atoms with Gasteiger partial charge in [0.2, 0.25) is 0 Å². The van der Waals surface area contributed by atoms with E-state index in [1.54, 1.807) is 13.0 Å². The molecule has 1 fully saturated rings. The molecule has 2 rings (SSSR count). The summed E-state index contributed by atoms with van der Waals surface area (Å²) < 4.78 is 18.6. The van der Waals surface area contributed by atoms with E-state index in [1.807, 2.05) is 6.07 Å². The molecule has 84 valence electrons. The number of rotatable bonds is 1.